The molecule has 8 nitrogen and oxygen atoms in total. The lowest BCUT2D eigenvalue weighted by Gasteiger charge is -2.10. The van der Waals surface area contributed by atoms with Gasteiger partial charge in [-0.3, -0.25) is 9.55 Å². The van der Waals surface area contributed by atoms with E-state index in [-0.39, 0.29) is 5.82 Å². The van der Waals surface area contributed by atoms with Crippen LogP contribution in [0.1, 0.15) is 0 Å². The summed E-state index contributed by atoms with van der Waals surface area (Å²) >= 11 is 1.64. The van der Waals surface area contributed by atoms with Gasteiger partial charge in [0.1, 0.15) is 17.2 Å². The highest BCUT2D eigenvalue weighted by Gasteiger charge is 2.20. The van der Waals surface area contributed by atoms with Crippen LogP contribution in [0.5, 0.6) is 5.75 Å². The average Bonchev–Trinajstić information content (AvgIpc) is 3.38. The number of benzene rings is 2. The third-order valence-corrected chi connectivity index (χ3v) is 5.31. The summed E-state index contributed by atoms with van der Waals surface area (Å²) in [6.07, 6.45) is 3.41. The molecule has 2 N–H and O–H groups in total. The average molecular weight is 416 g/mol. The van der Waals surface area contributed by atoms with E-state index in [0.717, 1.165) is 27.4 Å². The topological polar surface area (TPSA) is 105 Å². The Hall–Kier alpha value is -3.85. The van der Waals surface area contributed by atoms with Crippen LogP contribution >= 0.6 is 11.8 Å². The number of fused-ring (bicyclic) bond motifs is 1. The third kappa shape index (κ3) is 3.46. The summed E-state index contributed by atoms with van der Waals surface area (Å²) in [6, 6.07) is 19.8. The number of rotatable bonds is 6. The molecule has 0 atom stereocenters. The van der Waals surface area contributed by atoms with Gasteiger partial charge in [0.05, 0.1) is 11.7 Å². The van der Waals surface area contributed by atoms with Crippen molar-refractivity contribution in [3.8, 4) is 23.0 Å². The van der Waals surface area contributed by atoms with Crippen LogP contribution in [0.3, 0.4) is 0 Å². The number of aromatic nitrogens is 5. The highest BCUT2D eigenvalue weighted by Crippen LogP contribution is 2.30. The molecule has 9 heteroatoms. The Morgan fingerprint density at radius 2 is 1.83 bits per heavy atom. The summed E-state index contributed by atoms with van der Waals surface area (Å²) < 4.78 is 12.6. The van der Waals surface area contributed by atoms with E-state index in [9.17, 15) is 0 Å². The van der Waals surface area contributed by atoms with Crippen LogP contribution in [0.2, 0.25) is 0 Å². The predicted octanol–water partition coefficient (Wildman–Crippen LogP) is 4.18. The van der Waals surface area contributed by atoms with Gasteiger partial charge >= 0.3 is 0 Å². The SMILES string of the molecule is Nc1nonc1-c1nc2cnccc2n1-c1ccc(OCSc2ccccc2)cc1. The molecule has 0 saturated carbocycles. The van der Waals surface area contributed by atoms with Gasteiger partial charge in [0.2, 0.25) is 0 Å². The lowest BCUT2D eigenvalue weighted by molar-refractivity contribution is 0.310. The molecule has 2 aromatic carbocycles. The Kier molecular flexibility index (Phi) is 4.78. The van der Waals surface area contributed by atoms with Crippen molar-refractivity contribution < 1.29 is 9.37 Å². The number of hydrogen-bond acceptors (Lipinski definition) is 8. The van der Waals surface area contributed by atoms with Gasteiger partial charge in [-0.25, -0.2) is 9.61 Å². The van der Waals surface area contributed by atoms with E-state index in [4.69, 9.17) is 15.1 Å². The van der Waals surface area contributed by atoms with Crippen molar-refractivity contribution in [2.24, 2.45) is 0 Å². The predicted molar refractivity (Wildman–Crippen MR) is 114 cm³/mol. The zero-order chi connectivity index (χ0) is 20.3. The molecule has 0 aliphatic heterocycles. The van der Waals surface area contributed by atoms with Crippen molar-refractivity contribution >= 4 is 28.6 Å². The van der Waals surface area contributed by atoms with Gasteiger partial charge < -0.3 is 10.5 Å². The molecule has 30 heavy (non-hydrogen) atoms. The fourth-order valence-electron chi connectivity index (χ4n) is 3.08. The first-order valence-corrected chi connectivity index (χ1v) is 10.1. The summed E-state index contributed by atoms with van der Waals surface area (Å²) in [5.41, 5.74) is 8.76. The number of pyridine rings is 1. The van der Waals surface area contributed by atoms with Gasteiger partial charge in [0.15, 0.2) is 17.3 Å². The van der Waals surface area contributed by atoms with E-state index in [2.05, 4.69) is 32.4 Å². The molecular formula is C21H16N6O2S. The maximum Gasteiger partial charge on any atom is 0.199 e. The first-order chi connectivity index (χ1) is 14.8. The number of thioether (sulfide) groups is 1. The monoisotopic (exact) mass is 416 g/mol. The van der Waals surface area contributed by atoms with E-state index >= 15 is 0 Å². The molecular weight excluding hydrogens is 400 g/mol. The van der Waals surface area contributed by atoms with Crippen LogP contribution < -0.4 is 10.5 Å². The molecule has 0 aliphatic rings. The maximum atomic E-state index is 5.91. The van der Waals surface area contributed by atoms with Gasteiger partial charge in [0.25, 0.3) is 0 Å². The molecule has 0 spiro atoms. The first kappa shape index (κ1) is 18.2. The van der Waals surface area contributed by atoms with Gasteiger partial charge in [0, 0.05) is 16.8 Å². The van der Waals surface area contributed by atoms with Crippen LogP contribution in [-0.4, -0.2) is 30.8 Å². The second-order valence-electron chi connectivity index (χ2n) is 6.35. The summed E-state index contributed by atoms with van der Waals surface area (Å²) in [7, 11) is 0. The minimum absolute atomic E-state index is 0.178. The van der Waals surface area contributed by atoms with Crippen LogP contribution in [0.15, 0.2) is 82.6 Å². The third-order valence-electron chi connectivity index (χ3n) is 4.47. The van der Waals surface area contributed by atoms with Crippen LogP contribution in [0, 0.1) is 0 Å². The molecule has 5 rings (SSSR count). The minimum atomic E-state index is 0.178. The smallest absolute Gasteiger partial charge is 0.199 e. The molecule has 0 bridgehead atoms. The molecule has 148 valence electrons. The Bertz CT molecular complexity index is 1280. The minimum Gasteiger partial charge on any atom is -0.483 e. The number of nitrogens with zero attached hydrogens (tertiary/aromatic N) is 5. The van der Waals surface area contributed by atoms with Gasteiger partial charge in [-0.15, -0.1) is 0 Å². The lowest BCUT2D eigenvalue weighted by Crippen LogP contribution is -2.00. The summed E-state index contributed by atoms with van der Waals surface area (Å²) in [5, 5.41) is 7.58. The van der Waals surface area contributed by atoms with Crippen molar-refractivity contribution in [3.05, 3.63) is 73.1 Å². The normalized spacial score (nSPS) is 11.1. The summed E-state index contributed by atoms with van der Waals surface area (Å²) in [4.78, 5) is 9.93. The van der Waals surface area contributed by atoms with Crippen LogP contribution in [0.4, 0.5) is 5.82 Å². The highest BCUT2D eigenvalue weighted by atomic mass is 32.2. The number of anilines is 1. The number of ether oxygens (including phenoxy) is 1. The zero-order valence-corrected chi connectivity index (χ0v) is 16.5. The van der Waals surface area contributed by atoms with Crippen molar-refractivity contribution in [3.63, 3.8) is 0 Å². The largest absolute Gasteiger partial charge is 0.483 e. The maximum absolute atomic E-state index is 5.91. The number of nitrogens with two attached hydrogens (primary N) is 1. The molecule has 0 radical (unpaired) electrons. The highest BCUT2D eigenvalue weighted by molar-refractivity contribution is 7.99. The van der Waals surface area contributed by atoms with Crippen LogP contribution in [-0.2, 0) is 0 Å². The van der Waals surface area contributed by atoms with E-state index < -0.39 is 0 Å². The fourth-order valence-corrected chi connectivity index (χ4v) is 3.76. The van der Waals surface area contributed by atoms with Gasteiger partial charge in [-0.1, -0.05) is 30.0 Å². The first-order valence-electron chi connectivity index (χ1n) is 9.11. The Morgan fingerprint density at radius 3 is 2.60 bits per heavy atom. The van der Waals surface area contributed by atoms with E-state index in [0.29, 0.717) is 17.5 Å². The zero-order valence-electron chi connectivity index (χ0n) is 15.7. The Labute approximate surface area is 175 Å². The number of hydrogen-bond donors (Lipinski definition) is 1. The molecule has 0 unspecified atom stereocenters. The summed E-state index contributed by atoms with van der Waals surface area (Å²) in [6.45, 7) is 0. The second-order valence-corrected chi connectivity index (χ2v) is 7.34. The van der Waals surface area contributed by atoms with Crippen molar-refractivity contribution in [2.45, 2.75) is 4.90 Å². The standard InChI is InChI=1S/C21H16N6O2S/c22-20-19(25-29-26-20)21-24-17-12-23-11-10-18(17)27(21)14-6-8-15(9-7-14)28-13-30-16-4-2-1-3-5-16/h1-12H,13H2,(H2,22,26). The Balaban J connectivity index is 1.43. The molecule has 3 heterocycles. The van der Waals surface area contributed by atoms with Crippen molar-refractivity contribution in [1.82, 2.24) is 24.8 Å². The van der Waals surface area contributed by atoms with Gasteiger partial charge in [-0.05, 0) is 52.8 Å². The van der Waals surface area contributed by atoms with Gasteiger partial charge in [-0.2, -0.15) is 0 Å². The molecule has 3 aromatic heterocycles. The van der Waals surface area contributed by atoms with E-state index in [1.54, 1.807) is 24.2 Å². The van der Waals surface area contributed by atoms with Crippen molar-refractivity contribution in [1.29, 1.82) is 0 Å². The lowest BCUT2D eigenvalue weighted by atomic mass is 10.2. The molecule has 5 aromatic rings. The molecule has 0 fully saturated rings. The number of imidazole rings is 1. The van der Waals surface area contributed by atoms with Crippen molar-refractivity contribution in [2.75, 3.05) is 11.7 Å². The molecule has 0 amide bonds. The van der Waals surface area contributed by atoms with Crippen LogP contribution in [0.25, 0.3) is 28.2 Å². The fraction of sp³-hybridized carbons (Fsp3) is 0.0476. The van der Waals surface area contributed by atoms with E-state index in [1.165, 1.54) is 0 Å². The quantitative estimate of drug-likeness (QED) is 0.325. The summed E-state index contributed by atoms with van der Waals surface area (Å²) in [5.74, 6) is 2.01. The number of nitrogen functional groups attached to an aromatic ring is 1. The molecule has 0 saturated heterocycles. The van der Waals surface area contributed by atoms with E-state index in [1.807, 2.05) is 53.1 Å². The Morgan fingerprint density at radius 1 is 1.00 bits per heavy atom. The molecule has 0 aliphatic carbocycles. The second kappa shape index (κ2) is 7.88.